The van der Waals surface area contributed by atoms with E-state index >= 15 is 0 Å². The number of benzene rings is 1. The third-order valence-electron chi connectivity index (χ3n) is 4.63. The van der Waals surface area contributed by atoms with Crippen molar-refractivity contribution in [1.29, 1.82) is 0 Å². The Morgan fingerprint density at radius 3 is 2.48 bits per heavy atom. The molecule has 4 nitrogen and oxygen atoms in total. The zero-order valence-corrected chi connectivity index (χ0v) is 12.5. The fourth-order valence-corrected chi connectivity index (χ4v) is 3.33. The van der Waals surface area contributed by atoms with Crippen molar-refractivity contribution >= 4 is 5.97 Å². The molecule has 21 heavy (non-hydrogen) atoms. The molecule has 1 aliphatic heterocycles. The van der Waals surface area contributed by atoms with Crippen LogP contribution in [0.3, 0.4) is 0 Å². The second-order valence-corrected chi connectivity index (χ2v) is 5.97. The molecule has 0 aromatic heterocycles. The number of rotatable bonds is 3. The monoisotopic (exact) mass is 290 g/mol. The molecule has 1 saturated carbocycles. The number of methoxy groups -OCH3 is 1. The Balaban J connectivity index is 1.53. The van der Waals surface area contributed by atoms with Crippen LogP contribution in [0, 0.1) is 0 Å². The Hall–Kier alpha value is -1.55. The van der Waals surface area contributed by atoms with Crippen LogP contribution in [0.2, 0.25) is 0 Å². The van der Waals surface area contributed by atoms with Crippen LogP contribution in [-0.2, 0) is 9.47 Å². The summed E-state index contributed by atoms with van der Waals surface area (Å²) >= 11 is 0. The average molecular weight is 290 g/mol. The van der Waals surface area contributed by atoms with Crippen molar-refractivity contribution < 1.29 is 19.0 Å². The van der Waals surface area contributed by atoms with Crippen LogP contribution < -0.4 is 4.74 Å². The van der Waals surface area contributed by atoms with Crippen molar-refractivity contribution in [3.8, 4) is 5.75 Å². The maximum atomic E-state index is 12.1. The molecule has 0 N–H and O–H groups in total. The van der Waals surface area contributed by atoms with Crippen LogP contribution in [0.25, 0.3) is 0 Å². The summed E-state index contributed by atoms with van der Waals surface area (Å²) in [6.07, 6.45) is 6.17. The minimum absolute atomic E-state index is 0.0226. The highest BCUT2D eigenvalue weighted by atomic mass is 16.5. The van der Waals surface area contributed by atoms with E-state index in [2.05, 4.69) is 0 Å². The molecule has 0 unspecified atom stereocenters. The van der Waals surface area contributed by atoms with Gasteiger partial charge in [0, 0.05) is 6.61 Å². The molecule has 2 aliphatic rings. The third kappa shape index (κ3) is 3.21. The summed E-state index contributed by atoms with van der Waals surface area (Å²) in [5, 5.41) is 0. The van der Waals surface area contributed by atoms with E-state index in [1.165, 1.54) is 0 Å². The van der Waals surface area contributed by atoms with Crippen molar-refractivity contribution in [1.82, 2.24) is 0 Å². The van der Waals surface area contributed by atoms with Crippen LogP contribution in [-0.4, -0.2) is 31.4 Å². The van der Waals surface area contributed by atoms with Gasteiger partial charge in [0.05, 0.1) is 18.3 Å². The van der Waals surface area contributed by atoms with Crippen molar-refractivity contribution in [3.63, 3.8) is 0 Å². The highest BCUT2D eigenvalue weighted by Crippen LogP contribution is 2.40. The Bertz CT molecular complexity index is 478. The molecule has 2 fully saturated rings. The summed E-state index contributed by atoms with van der Waals surface area (Å²) in [6, 6.07) is 7.04. The molecule has 114 valence electrons. The van der Waals surface area contributed by atoms with Gasteiger partial charge in [-0.3, -0.25) is 0 Å². The first-order chi connectivity index (χ1) is 10.2. The molecular weight excluding hydrogens is 268 g/mol. The smallest absolute Gasteiger partial charge is 0.338 e. The molecule has 1 aliphatic carbocycles. The Labute approximate surface area is 125 Å². The number of hydrogen-bond acceptors (Lipinski definition) is 4. The summed E-state index contributed by atoms with van der Waals surface area (Å²) < 4.78 is 16.6. The van der Waals surface area contributed by atoms with Gasteiger partial charge in [-0.1, -0.05) is 0 Å². The zero-order valence-electron chi connectivity index (χ0n) is 12.5. The topological polar surface area (TPSA) is 44.8 Å². The van der Waals surface area contributed by atoms with Gasteiger partial charge in [-0.2, -0.15) is 0 Å². The Morgan fingerprint density at radius 1 is 1.19 bits per heavy atom. The molecule has 3 rings (SSSR count). The van der Waals surface area contributed by atoms with Gasteiger partial charge in [0.15, 0.2) is 0 Å². The van der Waals surface area contributed by atoms with Crippen LogP contribution in [0.15, 0.2) is 24.3 Å². The molecule has 4 heteroatoms. The molecule has 0 radical (unpaired) electrons. The number of esters is 1. The number of carbonyl (C=O) groups is 1. The lowest BCUT2D eigenvalue weighted by Gasteiger charge is -2.36. The highest BCUT2D eigenvalue weighted by molar-refractivity contribution is 5.89. The van der Waals surface area contributed by atoms with Gasteiger partial charge in [0.2, 0.25) is 0 Å². The van der Waals surface area contributed by atoms with Crippen molar-refractivity contribution in [2.24, 2.45) is 0 Å². The van der Waals surface area contributed by atoms with E-state index in [0.717, 1.165) is 50.9 Å². The largest absolute Gasteiger partial charge is 0.497 e. The quantitative estimate of drug-likeness (QED) is 0.801. The number of hydrogen-bond donors (Lipinski definition) is 0. The van der Waals surface area contributed by atoms with E-state index in [9.17, 15) is 4.79 Å². The van der Waals surface area contributed by atoms with E-state index in [1.807, 2.05) is 0 Å². The normalized spacial score (nSPS) is 28.5. The van der Waals surface area contributed by atoms with Crippen LogP contribution in [0.5, 0.6) is 5.75 Å². The predicted octanol–water partition coefficient (Wildman–Crippen LogP) is 3.34. The first-order valence-electron chi connectivity index (χ1n) is 7.70. The van der Waals surface area contributed by atoms with Crippen molar-refractivity contribution in [2.45, 2.75) is 50.2 Å². The van der Waals surface area contributed by atoms with Crippen LogP contribution in [0.1, 0.15) is 48.9 Å². The first-order valence-corrected chi connectivity index (χ1v) is 7.70. The second-order valence-electron chi connectivity index (χ2n) is 5.97. The fourth-order valence-electron chi connectivity index (χ4n) is 3.33. The first kappa shape index (κ1) is 14.4. The summed E-state index contributed by atoms with van der Waals surface area (Å²) in [5.41, 5.74) is 0.663. The maximum Gasteiger partial charge on any atom is 0.338 e. The molecule has 1 saturated heterocycles. The van der Waals surface area contributed by atoms with E-state index in [4.69, 9.17) is 14.2 Å². The van der Waals surface area contributed by atoms with Crippen molar-refractivity contribution in [2.75, 3.05) is 13.7 Å². The lowest BCUT2D eigenvalue weighted by molar-refractivity contribution is -0.0575. The minimum atomic E-state index is -0.244. The van der Waals surface area contributed by atoms with Crippen molar-refractivity contribution in [3.05, 3.63) is 29.8 Å². The number of ether oxygens (including phenoxy) is 3. The lowest BCUT2D eigenvalue weighted by atomic mass is 9.81. The molecule has 1 heterocycles. The van der Waals surface area contributed by atoms with Gasteiger partial charge >= 0.3 is 5.97 Å². The van der Waals surface area contributed by atoms with E-state index in [0.29, 0.717) is 5.56 Å². The van der Waals surface area contributed by atoms with E-state index in [-0.39, 0.29) is 17.7 Å². The fraction of sp³-hybridized carbons (Fsp3) is 0.588. The zero-order chi connectivity index (χ0) is 14.7. The Kier molecular flexibility index (Phi) is 4.15. The number of carbonyl (C=O) groups excluding carboxylic acids is 1. The summed E-state index contributed by atoms with van der Waals surface area (Å²) in [6.45, 7) is 0.885. The van der Waals surface area contributed by atoms with Gasteiger partial charge in [0.25, 0.3) is 0 Å². The molecule has 0 atom stereocenters. The average Bonchev–Trinajstić information content (AvgIpc) is 2.98. The van der Waals surface area contributed by atoms with Crippen LogP contribution >= 0.6 is 0 Å². The van der Waals surface area contributed by atoms with E-state index in [1.54, 1.807) is 31.4 Å². The minimum Gasteiger partial charge on any atom is -0.497 e. The molecule has 0 amide bonds. The van der Waals surface area contributed by atoms with Gasteiger partial charge in [-0.25, -0.2) is 4.79 Å². The lowest BCUT2D eigenvalue weighted by Crippen LogP contribution is -2.36. The SMILES string of the molecule is COc1ccc(C(=O)O[C@H]2CC[C@@]3(CCCO3)CC2)cc1. The van der Waals surface area contributed by atoms with Crippen LogP contribution in [0.4, 0.5) is 0 Å². The summed E-state index contributed by atoms with van der Waals surface area (Å²) in [5.74, 6) is 0.496. The maximum absolute atomic E-state index is 12.1. The molecular formula is C17H22O4. The van der Waals surface area contributed by atoms with Gasteiger partial charge < -0.3 is 14.2 Å². The predicted molar refractivity (Wildman–Crippen MR) is 78.6 cm³/mol. The molecule has 0 bridgehead atoms. The standard InChI is InChI=1S/C17H22O4/c1-19-14-5-3-13(4-6-14)16(18)21-15-7-10-17(11-8-15)9-2-12-20-17/h3-6,15H,2,7-12H2,1H3/t15-,17-. The third-order valence-corrected chi connectivity index (χ3v) is 4.63. The second kappa shape index (κ2) is 6.06. The van der Waals surface area contributed by atoms with E-state index < -0.39 is 0 Å². The highest BCUT2D eigenvalue weighted by Gasteiger charge is 2.39. The molecule has 1 aromatic rings. The van der Waals surface area contributed by atoms with Gasteiger partial charge in [-0.05, 0) is 62.8 Å². The molecule has 1 spiro atoms. The van der Waals surface area contributed by atoms with Gasteiger partial charge in [-0.15, -0.1) is 0 Å². The molecule has 1 aromatic carbocycles. The summed E-state index contributed by atoms with van der Waals surface area (Å²) in [4.78, 5) is 12.1. The van der Waals surface area contributed by atoms with Gasteiger partial charge in [0.1, 0.15) is 11.9 Å². The Morgan fingerprint density at radius 2 is 1.90 bits per heavy atom. The summed E-state index contributed by atoms with van der Waals surface area (Å²) in [7, 11) is 1.61.